The zero-order valence-electron chi connectivity index (χ0n) is 12.9. The number of nitrogens with zero attached hydrogens (tertiary/aromatic N) is 2. The number of likely N-dealkylation sites (tertiary alicyclic amines) is 2. The van der Waals surface area contributed by atoms with Crippen molar-refractivity contribution < 1.29 is 0 Å². The lowest BCUT2D eigenvalue weighted by atomic mass is 9.99. The summed E-state index contributed by atoms with van der Waals surface area (Å²) in [5.74, 6) is 0. The molecule has 19 heavy (non-hydrogen) atoms. The molecule has 2 fully saturated rings. The number of unbranched alkanes of at least 4 members (excludes halogenated alkanes) is 2. The van der Waals surface area contributed by atoms with Crippen LogP contribution in [0.4, 0.5) is 0 Å². The van der Waals surface area contributed by atoms with E-state index in [-0.39, 0.29) is 0 Å². The van der Waals surface area contributed by atoms with Gasteiger partial charge in [-0.1, -0.05) is 12.8 Å². The first kappa shape index (κ1) is 15.3. The maximum Gasteiger partial charge on any atom is 0.0120 e. The summed E-state index contributed by atoms with van der Waals surface area (Å²) in [6.07, 6.45) is 11.3. The average Bonchev–Trinajstić information content (AvgIpc) is 2.49. The molecule has 2 heterocycles. The molecule has 0 atom stereocenters. The van der Waals surface area contributed by atoms with Crippen LogP contribution >= 0.6 is 0 Å². The van der Waals surface area contributed by atoms with Crippen LogP contribution in [-0.2, 0) is 0 Å². The first-order valence-electron chi connectivity index (χ1n) is 8.51. The summed E-state index contributed by atoms with van der Waals surface area (Å²) in [6.45, 7) is 7.93. The summed E-state index contributed by atoms with van der Waals surface area (Å²) in [7, 11) is 2.05. The Balaban J connectivity index is 1.54. The number of nitrogens with one attached hydrogen (secondary N) is 1. The number of hydrogen-bond donors (Lipinski definition) is 1. The third kappa shape index (κ3) is 5.41. The minimum Gasteiger partial charge on any atom is -0.320 e. The van der Waals surface area contributed by atoms with Crippen molar-refractivity contribution in [3.05, 3.63) is 0 Å². The molecule has 0 aromatic heterocycles. The lowest BCUT2D eigenvalue weighted by Gasteiger charge is -2.40. The molecule has 0 unspecified atom stereocenters. The molecule has 0 spiro atoms. The van der Waals surface area contributed by atoms with Gasteiger partial charge in [0.1, 0.15) is 0 Å². The molecule has 3 heteroatoms. The molecule has 0 bridgehead atoms. The second-order valence-corrected chi connectivity index (χ2v) is 6.33. The third-order valence-electron chi connectivity index (χ3n) is 4.87. The maximum atomic E-state index is 3.23. The van der Waals surface area contributed by atoms with Crippen molar-refractivity contribution in [3.63, 3.8) is 0 Å². The van der Waals surface area contributed by atoms with Crippen molar-refractivity contribution in [3.8, 4) is 0 Å². The highest BCUT2D eigenvalue weighted by Crippen LogP contribution is 2.20. The summed E-state index contributed by atoms with van der Waals surface area (Å²) >= 11 is 0. The van der Waals surface area contributed by atoms with Gasteiger partial charge in [0, 0.05) is 6.04 Å². The summed E-state index contributed by atoms with van der Waals surface area (Å²) in [5.41, 5.74) is 0. The van der Waals surface area contributed by atoms with Crippen molar-refractivity contribution in [1.29, 1.82) is 0 Å². The van der Waals surface area contributed by atoms with Gasteiger partial charge in [-0.15, -0.1) is 0 Å². The molecule has 0 aromatic rings. The predicted octanol–water partition coefficient (Wildman–Crippen LogP) is 2.33. The van der Waals surface area contributed by atoms with Crippen molar-refractivity contribution in [1.82, 2.24) is 15.1 Å². The molecule has 2 saturated heterocycles. The van der Waals surface area contributed by atoms with Gasteiger partial charge in [0.25, 0.3) is 0 Å². The highest BCUT2D eigenvalue weighted by molar-refractivity contribution is 4.81. The van der Waals surface area contributed by atoms with Crippen LogP contribution in [0, 0.1) is 0 Å². The molecular weight excluding hydrogens is 234 g/mol. The van der Waals surface area contributed by atoms with Gasteiger partial charge in [0.2, 0.25) is 0 Å². The molecule has 0 radical (unpaired) electrons. The third-order valence-corrected chi connectivity index (χ3v) is 4.87. The fourth-order valence-corrected chi connectivity index (χ4v) is 3.61. The molecule has 0 saturated carbocycles. The topological polar surface area (TPSA) is 18.5 Å². The second kappa shape index (κ2) is 8.93. The highest BCUT2D eigenvalue weighted by atomic mass is 15.2. The van der Waals surface area contributed by atoms with E-state index in [1.807, 2.05) is 7.05 Å². The molecule has 1 N–H and O–H groups in total. The van der Waals surface area contributed by atoms with Crippen LogP contribution < -0.4 is 5.32 Å². The Labute approximate surface area is 119 Å². The van der Waals surface area contributed by atoms with E-state index in [2.05, 4.69) is 15.1 Å². The monoisotopic (exact) mass is 267 g/mol. The summed E-state index contributed by atoms with van der Waals surface area (Å²) < 4.78 is 0. The van der Waals surface area contributed by atoms with Gasteiger partial charge in [0.15, 0.2) is 0 Å². The van der Waals surface area contributed by atoms with Crippen molar-refractivity contribution in [2.24, 2.45) is 0 Å². The summed E-state index contributed by atoms with van der Waals surface area (Å²) in [6, 6.07) is 0.904. The van der Waals surface area contributed by atoms with Crippen LogP contribution in [0.2, 0.25) is 0 Å². The minimum absolute atomic E-state index is 0.904. The van der Waals surface area contributed by atoms with Gasteiger partial charge < -0.3 is 15.1 Å². The SMILES string of the molecule is CNCCCCCN1CCC(N2CCCCC2)CC1. The smallest absolute Gasteiger partial charge is 0.0120 e. The van der Waals surface area contributed by atoms with Gasteiger partial charge in [-0.3, -0.25) is 0 Å². The van der Waals surface area contributed by atoms with Crippen LogP contribution in [0.25, 0.3) is 0 Å². The number of rotatable bonds is 7. The normalized spacial score (nSPS) is 23.8. The molecule has 0 aromatic carbocycles. The number of hydrogen-bond acceptors (Lipinski definition) is 3. The largest absolute Gasteiger partial charge is 0.320 e. The molecule has 2 aliphatic heterocycles. The lowest BCUT2D eigenvalue weighted by molar-refractivity contribution is 0.0918. The molecule has 0 amide bonds. The van der Waals surface area contributed by atoms with Gasteiger partial charge in [-0.05, 0) is 84.8 Å². The first-order chi connectivity index (χ1) is 9.40. The van der Waals surface area contributed by atoms with E-state index < -0.39 is 0 Å². The van der Waals surface area contributed by atoms with Gasteiger partial charge >= 0.3 is 0 Å². The Bertz CT molecular complexity index is 218. The minimum atomic E-state index is 0.904. The fraction of sp³-hybridized carbons (Fsp3) is 1.00. The molecule has 3 nitrogen and oxygen atoms in total. The van der Waals surface area contributed by atoms with Crippen LogP contribution in [0.15, 0.2) is 0 Å². The fourth-order valence-electron chi connectivity index (χ4n) is 3.61. The quantitative estimate of drug-likeness (QED) is 0.714. The van der Waals surface area contributed by atoms with Crippen LogP contribution in [0.1, 0.15) is 51.4 Å². The Kier molecular flexibility index (Phi) is 7.18. The van der Waals surface area contributed by atoms with E-state index in [0.717, 1.165) is 6.04 Å². The molecule has 0 aliphatic carbocycles. The Morgan fingerprint density at radius 3 is 2.32 bits per heavy atom. The van der Waals surface area contributed by atoms with E-state index in [0.29, 0.717) is 0 Å². The summed E-state index contributed by atoms with van der Waals surface area (Å²) in [4.78, 5) is 5.47. The highest BCUT2D eigenvalue weighted by Gasteiger charge is 2.24. The predicted molar refractivity (Wildman–Crippen MR) is 82.7 cm³/mol. The standard InChI is InChI=1S/C16H33N3/c1-17-10-4-2-5-11-18-14-8-16(9-15-18)19-12-6-3-7-13-19/h16-17H,2-15H2,1H3. The Hall–Kier alpha value is -0.120. The lowest BCUT2D eigenvalue weighted by Crippen LogP contribution is -2.46. The van der Waals surface area contributed by atoms with E-state index in [1.54, 1.807) is 0 Å². The average molecular weight is 267 g/mol. The Morgan fingerprint density at radius 2 is 1.63 bits per heavy atom. The van der Waals surface area contributed by atoms with E-state index >= 15 is 0 Å². The van der Waals surface area contributed by atoms with E-state index in [1.165, 1.54) is 90.6 Å². The van der Waals surface area contributed by atoms with Crippen molar-refractivity contribution in [2.45, 2.75) is 57.4 Å². The number of piperidine rings is 2. The van der Waals surface area contributed by atoms with Crippen LogP contribution in [-0.4, -0.2) is 62.2 Å². The zero-order chi connectivity index (χ0) is 13.3. The Morgan fingerprint density at radius 1 is 0.895 bits per heavy atom. The van der Waals surface area contributed by atoms with E-state index in [9.17, 15) is 0 Å². The molecular formula is C16H33N3. The maximum absolute atomic E-state index is 3.23. The summed E-state index contributed by atoms with van der Waals surface area (Å²) in [5, 5.41) is 3.23. The van der Waals surface area contributed by atoms with Gasteiger partial charge in [-0.25, -0.2) is 0 Å². The zero-order valence-corrected chi connectivity index (χ0v) is 12.9. The van der Waals surface area contributed by atoms with Crippen LogP contribution in [0.5, 0.6) is 0 Å². The van der Waals surface area contributed by atoms with Crippen molar-refractivity contribution >= 4 is 0 Å². The van der Waals surface area contributed by atoms with Gasteiger partial charge in [-0.2, -0.15) is 0 Å². The molecule has 2 rings (SSSR count). The molecule has 2 aliphatic rings. The van der Waals surface area contributed by atoms with E-state index in [4.69, 9.17) is 0 Å². The van der Waals surface area contributed by atoms with Crippen molar-refractivity contribution in [2.75, 3.05) is 46.3 Å². The van der Waals surface area contributed by atoms with Gasteiger partial charge in [0.05, 0.1) is 0 Å². The second-order valence-electron chi connectivity index (χ2n) is 6.33. The molecule has 112 valence electrons. The van der Waals surface area contributed by atoms with Crippen LogP contribution in [0.3, 0.4) is 0 Å². The first-order valence-corrected chi connectivity index (χ1v) is 8.51.